The van der Waals surface area contributed by atoms with Crippen molar-refractivity contribution >= 4 is 6.08 Å². The molecule has 1 aromatic rings. The quantitative estimate of drug-likeness (QED) is 0.784. The summed E-state index contributed by atoms with van der Waals surface area (Å²) in [6.07, 6.45) is 3.97. The molecule has 0 spiro atoms. The fourth-order valence-electron chi connectivity index (χ4n) is 1.22. The van der Waals surface area contributed by atoms with Crippen LogP contribution in [0.1, 0.15) is 16.7 Å². The van der Waals surface area contributed by atoms with Gasteiger partial charge in [-0.05, 0) is 31.2 Å². The van der Waals surface area contributed by atoms with Crippen LogP contribution in [0.2, 0.25) is 0 Å². The average molecular weight is 186 g/mol. The van der Waals surface area contributed by atoms with Crippen molar-refractivity contribution in [1.82, 2.24) is 5.32 Å². The summed E-state index contributed by atoms with van der Waals surface area (Å²) in [6.45, 7) is 2.81. The number of nitrogens with one attached hydrogen (secondary N) is 1. The van der Waals surface area contributed by atoms with E-state index in [2.05, 4.69) is 11.4 Å². The Labute approximate surface area is 84.9 Å². The Kier molecular flexibility index (Phi) is 3.90. The molecule has 1 N–H and O–H groups in total. The number of hydrogen-bond acceptors (Lipinski definition) is 2. The zero-order valence-corrected chi connectivity index (χ0v) is 8.54. The van der Waals surface area contributed by atoms with Crippen LogP contribution in [0.25, 0.3) is 6.08 Å². The van der Waals surface area contributed by atoms with Gasteiger partial charge in [-0.2, -0.15) is 5.26 Å². The summed E-state index contributed by atoms with van der Waals surface area (Å²) in [5, 5.41) is 11.9. The predicted molar refractivity (Wildman–Crippen MR) is 58.9 cm³/mol. The molecule has 0 atom stereocenters. The molecule has 0 aliphatic heterocycles. The van der Waals surface area contributed by atoms with E-state index in [0.29, 0.717) is 0 Å². The molecule has 14 heavy (non-hydrogen) atoms. The number of benzene rings is 1. The lowest BCUT2D eigenvalue weighted by Crippen LogP contribution is -2.03. The van der Waals surface area contributed by atoms with Crippen molar-refractivity contribution in [3.63, 3.8) is 0 Å². The van der Waals surface area contributed by atoms with Gasteiger partial charge in [0.2, 0.25) is 0 Å². The van der Waals surface area contributed by atoms with Crippen molar-refractivity contribution < 1.29 is 0 Å². The largest absolute Gasteiger partial charge is 0.316 e. The number of nitriles is 1. The highest BCUT2D eigenvalue weighted by Crippen LogP contribution is 2.11. The standard InChI is InChI=1S/C12H14N2/c1-10-5-6-11(4-3-7-14-2)12(8-10)9-13/h3-6,8,14H,7H2,1-2H3. The molecular formula is C12H14N2. The zero-order chi connectivity index (χ0) is 10.4. The predicted octanol–water partition coefficient (Wildman–Crippen LogP) is 2.10. The molecule has 1 aromatic carbocycles. The zero-order valence-electron chi connectivity index (χ0n) is 8.54. The van der Waals surface area contributed by atoms with Crippen LogP contribution in [0.5, 0.6) is 0 Å². The van der Waals surface area contributed by atoms with E-state index in [-0.39, 0.29) is 0 Å². The van der Waals surface area contributed by atoms with Crippen molar-refractivity contribution in [2.75, 3.05) is 13.6 Å². The Morgan fingerprint density at radius 1 is 1.50 bits per heavy atom. The lowest BCUT2D eigenvalue weighted by Gasteiger charge is -1.99. The molecule has 0 aliphatic rings. The van der Waals surface area contributed by atoms with Gasteiger partial charge in [0.25, 0.3) is 0 Å². The molecule has 0 saturated carbocycles. The van der Waals surface area contributed by atoms with Crippen LogP contribution in [0.4, 0.5) is 0 Å². The third-order valence-electron chi connectivity index (χ3n) is 1.95. The Hall–Kier alpha value is -1.59. The summed E-state index contributed by atoms with van der Waals surface area (Å²) >= 11 is 0. The molecule has 0 aromatic heterocycles. The van der Waals surface area contributed by atoms with Crippen molar-refractivity contribution in [3.8, 4) is 6.07 Å². The highest BCUT2D eigenvalue weighted by atomic mass is 14.8. The topological polar surface area (TPSA) is 35.8 Å². The minimum Gasteiger partial charge on any atom is -0.316 e. The SMILES string of the molecule is CNCC=Cc1ccc(C)cc1C#N. The van der Waals surface area contributed by atoms with Crippen LogP contribution in [-0.4, -0.2) is 13.6 Å². The third kappa shape index (κ3) is 2.72. The smallest absolute Gasteiger partial charge is 0.0998 e. The van der Waals surface area contributed by atoms with Crippen molar-refractivity contribution in [2.24, 2.45) is 0 Å². The summed E-state index contributed by atoms with van der Waals surface area (Å²) in [5.41, 5.74) is 2.83. The van der Waals surface area contributed by atoms with Crippen LogP contribution < -0.4 is 5.32 Å². The molecule has 0 fully saturated rings. The van der Waals surface area contributed by atoms with Gasteiger partial charge in [0, 0.05) is 6.54 Å². The second-order valence-corrected chi connectivity index (χ2v) is 3.16. The molecule has 0 radical (unpaired) electrons. The lowest BCUT2D eigenvalue weighted by molar-refractivity contribution is 0.922. The van der Waals surface area contributed by atoms with Gasteiger partial charge in [-0.1, -0.05) is 24.3 Å². The van der Waals surface area contributed by atoms with E-state index < -0.39 is 0 Å². The number of nitrogens with zero attached hydrogens (tertiary/aromatic N) is 1. The van der Waals surface area contributed by atoms with Crippen LogP contribution >= 0.6 is 0 Å². The fourth-order valence-corrected chi connectivity index (χ4v) is 1.22. The van der Waals surface area contributed by atoms with Crippen LogP contribution in [0.3, 0.4) is 0 Å². The van der Waals surface area contributed by atoms with Gasteiger partial charge in [0.1, 0.15) is 0 Å². The van der Waals surface area contributed by atoms with E-state index in [1.807, 2.05) is 44.3 Å². The maximum Gasteiger partial charge on any atom is 0.0998 e. The van der Waals surface area contributed by atoms with Gasteiger partial charge in [-0.3, -0.25) is 0 Å². The Bertz CT molecular complexity index is 372. The van der Waals surface area contributed by atoms with Crippen LogP contribution in [0, 0.1) is 18.3 Å². The van der Waals surface area contributed by atoms with Gasteiger partial charge >= 0.3 is 0 Å². The minimum absolute atomic E-state index is 0.734. The Morgan fingerprint density at radius 2 is 2.29 bits per heavy atom. The molecular weight excluding hydrogens is 172 g/mol. The number of aryl methyl sites for hydroxylation is 1. The molecule has 0 aliphatic carbocycles. The van der Waals surface area contributed by atoms with Gasteiger partial charge in [0.15, 0.2) is 0 Å². The minimum atomic E-state index is 0.734. The monoisotopic (exact) mass is 186 g/mol. The highest BCUT2D eigenvalue weighted by Gasteiger charge is 1.97. The van der Waals surface area contributed by atoms with Crippen molar-refractivity contribution in [3.05, 3.63) is 41.0 Å². The maximum atomic E-state index is 8.90. The molecule has 0 unspecified atom stereocenters. The van der Waals surface area contributed by atoms with Gasteiger partial charge in [-0.25, -0.2) is 0 Å². The Balaban J connectivity index is 2.92. The van der Waals surface area contributed by atoms with E-state index in [0.717, 1.165) is 23.2 Å². The summed E-state index contributed by atoms with van der Waals surface area (Å²) in [4.78, 5) is 0. The third-order valence-corrected chi connectivity index (χ3v) is 1.95. The number of likely N-dealkylation sites (N-methyl/N-ethyl adjacent to an activating group) is 1. The first-order valence-electron chi connectivity index (χ1n) is 4.60. The van der Waals surface area contributed by atoms with Crippen LogP contribution in [-0.2, 0) is 0 Å². The molecule has 1 rings (SSSR count). The highest BCUT2D eigenvalue weighted by molar-refractivity contribution is 5.58. The number of hydrogen-bond donors (Lipinski definition) is 1. The summed E-state index contributed by atoms with van der Waals surface area (Å²) in [6, 6.07) is 8.08. The van der Waals surface area contributed by atoms with Gasteiger partial charge < -0.3 is 5.32 Å². The van der Waals surface area contributed by atoms with Crippen molar-refractivity contribution in [1.29, 1.82) is 5.26 Å². The number of rotatable bonds is 3. The molecule has 2 heteroatoms. The first-order valence-corrected chi connectivity index (χ1v) is 4.60. The first-order chi connectivity index (χ1) is 6.77. The van der Waals surface area contributed by atoms with Crippen molar-refractivity contribution in [2.45, 2.75) is 6.92 Å². The Morgan fingerprint density at radius 3 is 2.93 bits per heavy atom. The van der Waals surface area contributed by atoms with E-state index in [1.165, 1.54) is 0 Å². The van der Waals surface area contributed by atoms with Gasteiger partial charge in [-0.15, -0.1) is 0 Å². The fraction of sp³-hybridized carbons (Fsp3) is 0.250. The molecule has 2 nitrogen and oxygen atoms in total. The molecule has 0 bridgehead atoms. The second kappa shape index (κ2) is 5.21. The van der Waals surface area contributed by atoms with E-state index in [4.69, 9.17) is 5.26 Å². The van der Waals surface area contributed by atoms with Crippen LogP contribution in [0.15, 0.2) is 24.3 Å². The summed E-state index contributed by atoms with van der Waals surface area (Å²) < 4.78 is 0. The lowest BCUT2D eigenvalue weighted by atomic mass is 10.1. The maximum absolute atomic E-state index is 8.90. The van der Waals surface area contributed by atoms with E-state index >= 15 is 0 Å². The van der Waals surface area contributed by atoms with Gasteiger partial charge in [0.05, 0.1) is 11.6 Å². The average Bonchev–Trinajstić information content (AvgIpc) is 2.20. The molecule has 72 valence electrons. The summed E-state index contributed by atoms with van der Waals surface area (Å²) in [5.74, 6) is 0. The molecule has 0 heterocycles. The molecule has 0 amide bonds. The first kappa shape index (κ1) is 10.5. The summed E-state index contributed by atoms with van der Waals surface area (Å²) in [7, 11) is 1.89. The van der Waals surface area contributed by atoms with E-state index in [1.54, 1.807) is 0 Å². The second-order valence-electron chi connectivity index (χ2n) is 3.16. The van der Waals surface area contributed by atoms with E-state index in [9.17, 15) is 0 Å². The normalized spacial score (nSPS) is 10.4. The molecule has 0 saturated heterocycles.